The molecule has 0 aliphatic carbocycles. The lowest BCUT2D eigenvalue weighted by Crippen LogP contribution is -2.39. The monoisotopic (exact) mass is 356 g/mol. The summed E-state index contributed by atoms with van der Waals surface area (Å²) in [4.78, 5) is 55.3. The van der Waals surface area contributed by atoms with Crippen LogP contribution >= 0.6 is 0 Å². The molecule has 0 spiro atoms. The van der Waals surface area contributed by atoms with Crippen LogP contribution < -0.4 is 21.5 Å². The van der Waals surface area contributed by atoms with E-state index in [0.29, 0.717) is 11.3 Å². The molecule has 0 fully saturated rings. The molecule has 1 N–H and O–H groups in total. The lowest BCUT2D eigenvalue weighted by Gasteiger charge is -2.08. The second-order valence-corrected chi connectivity index (χ2v) is 5.75. The molecule has 9 heteroatoms. The van der Waals surface area contributed by atoms with Crippen LogP contribution in [0.5, 0.6) is 5.75 Å². The maximum Gasteiger partial charge on any atom is 0.332 e. The SMILES string of the molecule is COc1ccc(C(=O)Cc2nc3c([nH]c2=O)c(=O)n(C)c(=O)n3C)cc1. The van der Waals surface area contributed by atoms with Crippen molar-refractivity contribution in [3.63, 3.8) is 0 Å². The minimum Gasteiger partial charge on any atom is -0.497 e. The van der Waals surface area contributed by atoms with Crippen molar-refractivity contribution in [3.05, 3.63) is 66.7 Å². The van der Waals surface area contributed by atoms with Crippen molar-refractivity contribution in [1.29, 1.82) is 0 Å². The number of ether oxygens (including phenoxy) is 1. The molecule has 0 unspecified atom stereocenters. The number of ketones is 1. The molecule has 0 aliphatic heterocycles. The normalized spacial score (nSPS) is 10.9. The molecule has 0 amide bonds. The zero-order valence-corrected chi connectivity index (χ0v) is 14.4. The minimum absolute atomic E-state index is 0.0234. The number of hydrogen-bond acceptors (Lipinski definition) is 6. The predicted molar refractivity (Wildman–Crippen MR) is 93.9 cm³/mol. The molecule has 0 aliphatic rings. The maximum atomic E-state index is 12.4. The van der Waals surface area contributed by atoms with E-state index in [1.54, 1.807) is 24.3 Å². The van der Waals surface area contributed by atoms with E-state index >= 15 is 0 Å². The van der Waals surface area contributed by atoms with Gasteiger partial charge in [-0.3, -0.25) is 23.5 Å². The van der Waals surface area contributed by atoms with E-state index < -0.39 is 16.8 Å². The Morgan fingerprint density at radius 2 is 1.77 bits per heavy atom. The van der Waals surface area contributed by atoms with E-state index in [-0.39, 0.29) is 29.1 Å². The van der Waals surface area contributed by atoms with Crippen LogP contribution in [0.1, 0.15) is 16.1 Å². The summed E-state index contributed by atoms with van der Waals surface area (Å²) in [5.41, 5.74) is -1.60. The van der Waals surface area contributed by atoms with Gasteiger partial charge >= 0.3 is 5.69 Å². The first-order valence-electron chi connectivity index (χ1n) is 7.69. The van der Waals surface area contributed by atoms with E-state index in [1.165, 1.54) is 21.2 Å². The van der Waals surface area contributed by atoms with E-state index in [1.807, 2.05) is 0 Å². The number of fused-ring (bicyclic) bond motifs is 1. The lowest BCUT2D eigenvalue weighted by atomic mass is 10.1. The molecule has 1 aromatic carbocycles. The zero-order chi connectivity index (χ0) is 19.0. The number of benzene rings is 1. The van der Waals surface area contributed by atoms with Gasteiger partial charge in [0.1, 0.15) is 11.4 Å². The van der Waals surface area contributed by atoms with Crippen LogP contribution in [0.4, 0.5) is 0 Å². The van der Waals surface area contributed by atoms with Gasteiger partial charge in [-0.25, -0.2) is 9.78 Å². The topological polar surface area (TPSA) is 116 Å². The van der Waals surface area contributed by atoms with Crippen LogP contribution in [-0.4, -0.2) is 32.0 Å². The van der Waals surface area contributed by atoms with Crippen LogP contribution in [-0.2, 0) is 20.5 Å². The van der Waals surface area contributed by atoms with Crippen molar-refractivity contribution in [2.45, 2.75) is 6.42 Å². The number of aryl methyl sites for hydroxylation is 1. The van der Waals surface area contributed by atoms with Gasteiger partial charge in [0.25, 0.3) is 11.1 Å². The number of carbonyl (C=O) groups excluding carboxylic acids is 1. The smallest absolute Gasteiger partial charge is 0.332 e. The molecule has 2 heterocycles. The van der Waals surface area contributed by atoms with E-state index in [2.05, 4.69) is 9.97 Å². The van der Waals surface area contributed by atoms with Gasteiger partial charge in [0.05, 0.1) is 13.5 Å². The Morgan fingerprint density at radius 1 is 1.12 bits per heavy atom. The molecular weight excluding hydrogens is 340 g/mol. The Kier molecular flexibility index (Phi) is 4.29. The standard InChI is InChI=1S/C17H16N4O5/c1-20-14-13(16(24)21(2)17(20)25)19-15(23)11(18-14)8-12(22)9-4-6-10(26-3)7-5-9/h4-7H,8H2,1-3H3,(H,19,23). The number of nitrogens with zero attached hydrogens (tertiary/aromatic N) is 3. The highest BCUT2D eigenvalue weighted by atomic mass is 16.5. The van der Waals surface area contributed by atoms with Gasteiger partial charge in [-0.15, -0.1) is 0 Å². The third kappa shape index (κ3) is 2.83. The maximum absolute atomic E-state index is 12.4. The Bertz CT molecular complexity index is 1190. The number of hydrogen-bond donors (Lipinski definition) is 1. The van der Waals surface area contributed by atoms with Gasteiger partial charge in [-0.05, 0) is 24.3 Å². The average Bonchev–Trinajstić information content (AvgIpc) is 2.65. The van der Waals surface area contributed by atoms with Gasteiger partial charge < -0.3 is 9.72 Å². The molecule has 2 aromatic heterocycles. The molecule has 3 aromatic rings. The summed E-state index contributed by atoms with van der Waals surface area (Å²) < 4.78 is 7.06. The number of nitrogens with one attached hydrogen (secondary N) is 1. The second-order valence-electron chi connectivity index (χ2n) is 5.75. The molecule has 0 bridgehead atoms. The summed E-state index contributed by atoms with van der Waals surface area (Å²) in [6.07, 6.45) is -0.263. The first-order chi connectivity index (χ1) is 12.3. The summed E-state index contributed by atoms with van der Waals surface area (Å²) in [6.45, 7) is 0. The number of methoxy groups -OCH3 is 1. The van der Waals surface area contributed by atoms with Crippen molar-refractivity contribution >= 4 is 16.9 Å². The molecular formula is C17H16N4O5. The van der Waals surface area contributed by atoms with Crippen LogP contribution in [0.25, 0.3) is 11.2 Å². The number of H-pyrrole nitrogens is 1. The highest BCUT2D eigenvalue weighted by Crippen LogP contribution is 2.13. The Hall–Kier alpha value is -3.49. The quantitative estimate of drug-likeness (QED) is 0.645. The molecule has 0 saturated carbocycles. The highest BCUT2D eigenvalue weighted by molar-refractivity contribution is 5.97. The van der Waals surface area contributed by atoms with E-state index in [9.17, 15) is 19.2 Å². The van der Waals surface area contributed by atoms with E-state index in [0.717, 1.165) is 9.13 Å². The van der Waals surface area contributed by atoms with Crippen molar-refractivity contribution < 1.29 is 9.53 Å². The summed E-state index contributed by atoms with van der Waals surface area (Å²) in [5.74, 6) is 0.285. The summed E-state index contributed by atoms with van der Waals surface area (Å²) in [7, 11) is 4.26. The van der Waals surface area contributed by atoms with Gasteiger partial charge in [0, 0.05) is 19.7 Å². The summed E-state index contributed by atoms with van der Waals surface area (Å²) >= 11 is 0. The number of Topliss-reactive ketones (excluding diaryl/α,β-unsaturated/α-hetero) is 1. The number of rotatable bonds is 4. The second kappa shape index (κ2) is 6.43. The zero-order valence-electron chi connectivity index (χ0n) is 14.4. The fourth-order valence-corrected chi connectivity index (χ4v) is 2.59. The molecule has 0 atom stereocenters. The van der Waals surface area contributed by atoms with Crippen LogP contribution in [0.15, 0.2) is 38.6 Å². The molecule has 134 valence electrons. The minimum atomic E-state index is -0.652. The van der Waals surface area contributed by atoms with Crippen molar-refractivity contribution in [3.8, 4) is 5.75 Å². The average molecular weight is 356 g/mol. The van der Waals surface area contributed by atoms with E-state index in [4.69, 9.17) is 4.74 Å². The predicted octanol–water partition coefficient (Wildman–Crippen LogP) is -0.246. The molecule has 26 heavy (non-hydrogen) atoms. The fourth-order valence-electron chi connectivity index (χ4n) is 2.59. The first-order valence-corrected chi connectivity index (χ1v) is 7.69. The van der Waals surface area contributed by atoms with Crippen LogP contribution in [0, 0.1) is 0 Å². The molecule has 9 nitrogen and oxygen atoms in total. The Morgan fingerprint density at radius 3 is 2.38 bits per heavy atom. The van der Waals surface area contributed by atoms with Gasteiger partial charge in [-0.1, -0.05) is 0 Å². The van der Waals surface area contributed by atoms with Crippen LogP contribution in [0.2, 0.25) is 0 Å². The largest absolute Gasteiger partial charge is 0.497 e. The lowest BCUT2D eigenvalue weighted by molar-refractivity contribution is 0.0991. The first kappa shape index (κ1) is 17.3. The Balaban J connectivity index is 2.06. The molecule has 0 saturated heterocycles. The number of carbonyl (C=O) groups is 1. The molecule has 3 rings (SSSR count). The van der Waals surface area contributed by atoms with Crippen molar-refractivity contribution in [2.24, 2.45) is 14.1 Å². The summed E-state index contributed by atoms with van der Waals surface area (Å²) in [6, 6.07) is 6.45. The summed E-state index contributed by atoms with van der Waals surface area (Å²) in [5, 5.41) is 0. The Labute approximate surface area is 146 Å². The van der Waals surface area contributed by atoms with Crippen molar-refractivity contribution in [1.82, 2.24) is 19.1 Å². The highest BCUT2D eigenvalue weighted by Gasteiger charge is 2.16. The number of aromatic amines is 1. The van der Waals surface area contributed by atoms with Crippen LogP contribution in [0.3, 0.4) is 0 Å². The van der Waals surface area contributed by atoms with Gasteiger partial charge in [-0.2, -0.15) is 0 Å². The third-order valence-corrected chi connectivity index (χ3v) is 4.12. The van der Waals surface area contributed by atoms with Gasteiger partial charge in [0.15, 0.2) is 16.9 Å². The molecule has 0 radical (unpaired) electrons. The van der Waals surface area contributed by atoms with Crippen molar-refractivity contribution in [2.75, 3.05) is 7.11 Å². The van der Waals surface area contributed by atoms with Gasteiger partial charge in [0.2, 0.25) is 0 Å². The fraction of sp³-hybridized carbons (Fsp3) is 0.235. The number of aromatic nitrogens is 4. The third-order valence-electron chi connectivity index (χ3n) is 4.12.